The summed E-state index contributed by atoms with van der Waals surface area (Å²) in [6.45, 7) is 2.24. The third kappa shape index (κ3) is 1.58. The van der Waals surface area contributed by atoms with Crippen LogP contribution < -0.4 is 5.32 Å². The predicted octanol–water partition coefficient (Wildman–Crippen LogP) is 3.04. The van der Waals surface area contributed by atoms with Gasteiger partial charge in [-0.3, -0.25) is 0 Å². The Kier molecular flexibility index (Phi) is 2.26. The Labute approximate surface area is 86.7 Å². The summed E-state index contributed by atoms with van der Waals surface area (Å²) in [6.07, 6.45) is 2.48. The molecule has 1 atom stereocenters. The molecule has 1 aliphatic heterocycles. The highest BCUT2D eigenvalue weighted by molar-refractivity contribution is 14.1. The van der Waals surface area contributed by atoms with Crippen molar-refractivity contribution in [2.24, 2.45) is 0 Å². The van der Waals surface area contributed by atoms with Crippen molar-refractivity contribution >= 4 is 28.3 Å². The van der Waals surface area contributed by atoms with Gasteiger partial charge in [-0.05, 0) is 66.1 Å². The average Bonchev–Trinajstić information content (AvgIpc) is 2.05. The lowest BCUT2D eigenvalue weighted by Gasteiger charge is -2.24. The highest BCUT2D eigenvalue weighted by Crippen LogP contribution is 2.25. The molecule has 12 heavy (non-hydrogen) atoms. The van der Waals surface area contributed by atoms with E-state index >= 15 is 0 Å². The lowest BCUT2D eigenvalue weighted by Crippen LogP contribution is -2.21. The third-order valence-electron chi connectivity index (χ3n) is 2.32. The summed E-state index contributed by atoms with van der Waals surface area (Å²) in [5.74, 6) is 0. The van der Waals surface area contributed by atoms with Crippen LogP contribution in [0.3, 0.4) is 0 Å². The molecule has 0 amide bonds. The van der Waals surface area contributed by atoms with Gasteiger partial charge in [-0.15, -0.1) is 0 Å². The van der Waals surface area contributed by atoms with E-state index in [1.54, 1.807) is 0 Å². The molecule has 0 radical (unpaired) electrons. The van der Waals surface area contributed by atoms with Crippen molar-refractivity contribution < 1.29 is 0 Å². The summed E-state index contributed by atoms with van der Waals surface area (Å²) in [4.78, 5) is 0. The van der Waals surface area contributed by atoms with E-state index in [2.05, 4.69) is 53.0 Å². The van der Waals surface area contributed by atoms with Crippen LogP contribution in [-0.4, -0.2) is 6.04 Å². The molecule has 0 aliphatic carbocycles. The average molecular weight is 273 g/mol. The van der Waals surface area contributed by atoms with E-state index < -0.39 is 0 Å². The van der Waals surface area contributed by atoms with Crippen LogP contribution in [0.4, 0.5) is 5.69 Å². The second-order valence-corrected chi connectivity index (χ2v) is 4.63. The minimum atomic E-state index is 0.637. The quantitative estimate of drug-likeness (QED) is 0.716. The van der Waals surface area contributed by atoms with E-state index in [1.165, 1.54) is 27.7 Å². The lowest BCUT2D eigenvalue weighted by atomic mass is 9.99. The monoisotopic (exact) mass is 273 g/mol. The van der Waals surface area contributed by atoms with Crippen molar-refractivity contribution in [1.29, 1.82) is 0 Å². The maximum Gasteiger partial charge on any atom is 0.0375 e. The third-order valence-corrected chi connectivity index (χ3v) is 2.99. The highest BCUT2D eigenvalue weighted by atomic mass is 127. The standard InChI is InChI=1S/C10H12IN/c1-7-2-3-8-6-9(11)4-5-10(8)12-7/h4-7,12H,2-3H2,1H3/t7-/m1/s1. The van der Waals surface area contributed by atoms with Crippen molar-refractivity contribution in [1.82, 2.24) is 0 Å². The number of rotatable bonds is 0. The first-order chi connectivity index (χ1) is 5.75. The molecule has 1 aliphatic rings. The summed E-state index contributed by atoms with van der Waals surface area (Å²) in [5, 5.41) is 3.48. The van der Waals surface area contributed by atoms with Gasteiger partial charge in [-0.1, -0.05) is 0 Å². The fraction of sp³-hybridized carbons (Fsp3) is 0.400. The van der Waals surface area contributed by atoms with Gasteiger partial charge in [0.1, 0.15) is 0 Å². The molecule has 1 aromatic carbocycles. The Morgan fingerprint density at radius 2 is 2.33 bits per heavy atom. The van der Waals surface area contributed by atoms with Gasteiger partial charge in [0, 0.05) is 15.3 Å². The van der Waals surface area contributed by atoms with Crippen molar-refractivity contribution in [2.45, 2.75) is 25.8 Å². The largest absolute Gasteiger partial charge is 0.382 e. The minimum Gasteiger partial charge on any atom is -0.382 e. The number of hydrogen-bond acceptors (Lipinski definition) is 1. The summed E-state index contributed by atoms with van der Waals surface area (Å²) < 4.78 is 1.34. The van der Waals surface area contributed by atoms with Crippen molar-refractivity contribution in [3.05, 3.63) is 27.3 Å². The van der Waals surface area contributed by atoms with Gasteiger partial charge in [0.25, 0.3) is 0 Å². The van der Waals surface area contributed by atoms with Crippen LogP contribution in [0, 0.1) is 3.57 Å². The van der Waals surface area contributed by atoms with Crippen LogP contribution in [0.25, 0.3) is 0 Å². The predicted molar refractivity (Wildman–Crippen MR) is 60.6 cm³/mol. The highest BCUT2D eigenvalue weighted by Gasteiger charge is 2.13. The van der Waals surface area contributed by atoms with Gasteiger partial charge in [0.05, 0.1) is 0 Å². The van der Waals surface area contributed by atoms with Crippen LogP contribution in [0.1, 0.15) is 18.9 Å². The maximum absolute atomic E-state index is 3.48. The number of benzene rings is 1. The van der Waals surface area contributed by atoms with Crippen molar-refractivity contribution in [3.63, 3.8) is 0 Å². The number of aryl methyl sites for hydroxylation is 1. The van der Waals surface area contributed by atoms with E-state index in [0.29, 0.717) is 6.04 Å². The molecule has 1 nitrogen and oxygen atoms in total. The molecule has 0 bridgehead atoms. The molecule has 1 heterocycles. The zero-order chi connectivity index (χ0) is 8.55. The maximum atomic E-state index is 3.48. The zero-order valence-corrected chi connectivity index (χ0v) is 9.26. The first-order valence-electron chi connectivity index (χ1n) is 4.30. The lowest BCUT2D eigenvalue weighted by molar-refractivity contribution is 0.681. The first-order valence-corrected chi connectivity index (χ1v) is 5.38. The molecule has 64 valence electrons. The second kappa shape index (κ2) is 3.24. The van der Waals surface area contributed by atoms with Crippen LogP contribution >= 0.6 is 22.6 Å². The van der Waals surface area contributed by atoms with Gasteiger partial charge >= 0.3 is 0 Å². The SMILES string of the molecule is C[C@@H]1CCc2cc(I)ccc2N1. The Bertz CT molecular complexity index is 296. The summed E-state index contributed by atoms with van der Waals surface area (Å²) in [6, 6.07) is 7.25. The Morgan fingerprint density at radius 1 is 1.50 bits per heavy atom. The number of anilines is 1. The Morgan fingerprint density at radius 3 is 3.17 bits per heavy atom. The van der Waals surface area contributed by atoms with E-state index in [-0.39, 0.29) is 0 Å². The van der Waals surface area contributed by atoms with Gasteiger partial charge in [-0.2, -0.15) is 0 Å². The molecular weight excluding hydrogens is 261 g/mol. The molecule has 0 saturated heterocycles. The molecule has 0 unspecified atom stereocenters. The van der Waals surface area contributed by atoms with Gasteiger partial charge < -0.3 is 5.32 Å². The first kappa shape index (κ1) is 8.35. The van der Waals surface area contributed by atoms with E-state index in [0.717, 1.165) is 0 Å². The molecule has 1 N–H and O–H groups in total. The van der Waals surface area contributed by atoms with Crippen LogP contribution in [0.15, 0.2) is 18.2 Å². The molecule has 0 fully saturated rings. The summed E-state index contributed by atoms with van der Waals surface area (Å²) >= 11 is 2.36. The summed E-state index contributed by atoms with van der Waals surface area (Å²) in [5.41, 5.74) is 2.80. The number of hydrogen-bond donors (Lipinski definition) is 1. The van der Waals surface area contributed by atoms with Crippen molar-refractivity contribution in [2.75, 3.05) is 5.32 Å². The molecule has 0 aromatic heterocycles. The molecule has 0 spiro atoms. The molecule has 1 aromatic rings. The van der Waals surface area contributed by atoms with E-state index in [1.807, 2.05) is 0 Å². The molecular formula is C10H12IN. The fourth-order valence-electron chi connectivity index (χ4n) is 1.62. The van der Waals surface area contributed by atoms with Crippen molar-refractivity contribution in [3.8, 4) is 0 Å². The van der Waals surface area contributed by atoms with Gasteiger partial charge in [0.2, 0.25) is 0 Å². The van der Waals surface area contributed by atoms with Crippen LogP contribution in [0.5, 0.6) is 0 Å². The fourth-order valence-corrected chi connectivity index (χ4v) is 2.18. The molecule has 2 rings (SSSR count). The van der Waals surface area contributed by atoms with Gasteiger partial charge in [0.15, 0.2) is 0 Å². The Balaban J connectivity index is 2.37. The number of nitrogens with one attached hydrogen (secondary N) is 1. The van der Waals surface area contributed by atoms with Crippen LogP contribution in [0.2, 0.25) is 0 Å². The van der Waals surface area contributed by atoms with Gasteiger partial charge in [-0.25, -0.2) is 0 Å². The molecule has 0 saturated carbocycles. The van der Waals surface area contributed by atoms with E-state index in [9.17, 15) is 0 Å². The summed E-state index contributed by atoms with van der Waals surface area (Å²) in [7, 11) is 0. The topological polar surface area (TPSA) is 12.0 Å². The molecule has 2 heteroatoms. The minimum absolute atomic E-state index is 0.637. The second-order valence-electron chi connectivity index (χ2n) is 3.39. The zero-order valence-electron chi connectivity index (χ0n) is 7.10. The normalized spacial score (nSPS) is 21.3. The van der Waals surface area contributed by atoms with E-state index in [4.69, 9.17) is 0 Å². The Hall–Kier alpha value is -0.250. The number of fused-ring (bicyclic) bond motifs is 1. The van der Waals surface area contributed by atoms with Crippen LogP contribution in [-0.2, 0) is 6.42 Å². The smallest absolute Gasteiger partial charge is 0.0375 e. The number of halogens is 1.